The Kier molecular flexibility index (Phi) is 4.90. The third-order valence-electron chi connectivity index (χ3n) is 3.11. The molecule has 1 aromatic carbocycles. The van der Waals surface area contributed by atoms with Crippen LogP contribution in [0.2, 0.25) is 0 Å². The third kappa shape index (κ3) is 3.45. The SMILES string of the molecule is COC(=O)/C=C/CNC(=O)c1cccc2c1CCOC2. The molecule has 20 heavy (non-hydrogen) atoms. The van der Waals surface area contributed by atoms with Crippen molar-refractivity contribution in [2.75, 3.05) is 20.3 Å². The van der Waals surface area contributed by atoms with Crippen molar-refractivity contribution in [3.05, 3.63) is 47.0 Å². The first-order valence-corrected chi connectivity index (χ1v) is 6.43. The number of methoxy groups -OCH3 is 1. The van der Waals surface area contributed by atoms with Gasteiger partial charge in [0.1, 0.15) is 0 Å². The minimum atomic E-state index is -0.437. The third-order valence-corrected chi connectivity index (χ3v) is 3.11. The summed E-state index contributed by atoms with van der Waals surface area (Å²) in [4.78, 5) is 23.0. The van der Waals surface area contributed by atoms with Crippen LogP contribution in [0.25, 0.3) is 0 Å². The molecule has 0 aliphatic carbocycles. The molecule has 0 spiro atoms. The van der Waals surface area contributed by atoms with Crippen LogP contribution >= 0.6 is 0 Å². The lowest BCUT2D eigenvalue weighted by atomic mass is 9.97. The molecule has 1 N–H and O–H groups in total. The predicted molar refractivity (Wildman–Crippen MR) is 73.3 cm³/mol. The van der Waals surface area contributed by atoms with Crippen LogP contribution in [0, 0.1) is 0 Å². The van der Waals surface area contributed by atoms with Gasteiger partial charge in [-0.1, -0.05) is 18.2 Å². The number of carbonyl (C=O) groups is 2. The second-order valence-electron chi connectivity index (χ2n) is 4.38. The molecule has 5 nitrogen and oxygen atoms in total. The van der Waals surface area contributed by atoms with E-state index in [2.05, 4.69) is 10.1 Å². The number of nitrogens with one attached hydrogen (secondary N) is 1. The largest absolute Gasteiger partial charge is 0.466 e. The summed E-state index contributed by atoms with van der Waals surface area (Å²) in [5.74, 6) is -0.577. The second-order valence-corrected chi connectivity index (χ2v) is 4.38. The van der Waals surface area contributed by atoms with Crippen LogP contribution in [-0.4, -0.2) is 32.1 Å². The fraction of sp³-hybridized carbons (Fsp3) is 0.333. The number of esters is 1. The van der Waals surface area contributed by atoms with Gasteiger partial charge in [-0.3, -0.25) is 4.79 Å². The minimum absolute atomic E-state index is 0.140. The Hall–Kier alpha value is -2.14. The Morgan fingerprint density at radius 3 is 3.10 bits per heavy atom. The first-order chi connectivity index (χ1) is 9.72. The summed E-state index contributed by atoms with van der Waals surface area (Å²) in [6, 6.07) is 5.64. The van der Waals surface area contributed by atoms with E-state index in [-0.39, 0.29) is 12.5 Å². The number of ether oxygens (including phenoxy) is 2. The van der Waals surface area contributed by atoms with E-state index in [0.29, 0.717) is 18.8 Å². The lowest BCUT2D eigenvalue weighted by molar-refractivity contribution is -0.134. The maximum atomic E-state index is 12.1. The van der Waals surface area contributed by atoms with Crippen molar-refractivity contribution in [2.24, 2.45) is 0 Å². The summed E-state index contributed by atoms with van der Waals surface area (Å²) in [5.41, 5.74) is 2.79. The first-order valence-electron chi connectivity index (χ1n) is 6.43. The van der Waals surface area contributed by atoms with Crippen LogP contribution in [0.3, 0.4) is 0 Å². The van der Waals surface area contributed by atoms with Gasteiger partial charge in [0.25, 0.3) is 5.91 Å². The van der Waals surface area contributed by atoms with Crippen LogP contribution in [0.5, 0.6) is 0 Å². The highest BCUT2D eigenvalue weighted by molar-refractivity contribution is 5.96. The maximum absolute atomic E-state index is 12.1. The van der Waals surface area contributed by atoms with Crippen LogP contribution < -0.4 is 5.32 Å². The number of benzene rings is 1. The topological polar surface area (TPSA) is 64.6 Å². The molecule has 1 aromatic rings. The lowest BCUT2D eigenvalue weighted by Crippen LogP contribution is -2.26. The van der Waals surface area contributed by atoms with Gasteiger partial charge in [0.15, 0.2) is 0 Å². The summed E-state index contributed by atoms with van der Waals surface area (Å²) in [6.45, 7) is 1.48. The molecule has 106 valence electrons. The zero-order valence-electron chi connectivity index (χ0n) is 11.3. The molecule has 0 saturated carbocycles. The molecule has 0 radical (unpaired) electrons. The van der Waals surface area contributed by atoms with Gasteiger partial charge in [-0.05, 0) is 23.6 Å². The zero-order chi connectivity index (χ0) is 14.4. The standard InChI is InChI=1S/C15H17NO4/c1-19-14(17)6-3-8-16-15(18)13-5-2-4-11-10-20-9-7-12(11)13/h2-6H,7-10H2,1H3,(H,16,18)/b6-3+. The number of hydrogen-bond donors (Lipinski definition) is 1. The molecule has 1 heterocycles. The van der Waals surface area contributed by atoms with Crippen molar-refractivity contribution in [2.45, 2.75) is 13.0 Å². The monoisotopic (exact) mass is 275 g/mol. The molecule has 0 bridgehead atoms. The summed E-state index contributed by atoms with van der Waals surface area (Å²) in [5, 5.41) is 2.75. The van der Waals surface area contributed by atoms with E-state index in [4.69, 9.17) is 4.74 Å². The van der Waals surface area contributed by atoms with Gasteiger partial charge >= 0.3 is 5.97 Å². The predicted octanol–water partition coefficient (Wildman–Crippen LogP) is 1.22. The highest BCUT2D eigenvalue weighted by Crippen LogP contribution is 2.20. The molecule has 0 fully saturated rings. The van der Waals surface area contributed by atoms with Gasteiger partial charge in [-0.25, -0.2) is 4.79 Å². The summed E-state index contributed by atoms with van der Waals surface area (Å²) >= 11 is 0. The van der Waals surface area contributed by atoms with Crippen LogP contribution in [0.15, 0.2) is 30.4 Å². The van der Waals surface area contributed by atoms with Crippen LogP contribution in [0.1, 0.15) is 21.5 Å². The molecular formula is C15H17NO4. The van der Waals surface area contributed by atoms with Gasteiger partial charge in [-0.15, -0.1) is 0 Å². The number of fused-ring (bicyclic) bond motifs is 1. The van der Waals surface area contributed by atoms with Gasteiger partial charge in [-0.2, -0.15) is 0 Å². The molecule has 0 unspecified atom stereocenters. The number of hydrogen-bond acceptors (Lipinski definition) is 4. The normalized spacial score (nSPS) is 13.8. The van der Waals surface area contributed by atoms with Crippen molar-refractivity contribution in [1.29, 1.82) is 0 Å². The highest BCUT2D eigenvalue weighted by atomic mass is 16.5. The quantitative estimate of drug-likeness (QED) is 0.663. The number of carbonyl (C=O) groups excluding carboxylic acids is 2. The molecular weight excluding hydrogens is 258 g/mol. The number of amides is 1. The molecule has 1 aliphatic rings. The van der Waals surface area contributed by atoms with Gasteiger partial charge in [0, 0.05) is 18.2 Å². The highest BCUT2D eigenvalue weighted by Gasteiger charge is 2.17. The van der Waals surface area contributed by atoms with Crippen molar-refractivity contribution in [1.82, 2.24) is 5.32 Å². The van der Waals surface area contributed by atoms with Crippen LogP contribution in [-0.2, 0) is 27.3 Å². The van der Waals surface area contributed by atoms with Gasteiger partial charge in [0.05, 0.1) is 20.3 Å². The molecule has 0 atom stereocenters. The van der Waals surface area contributed by atoms with Crippen molar-refractivity contribution < 1.29 is 19.1 Å². The molecule has 2 rings (SSSR count). The van der Waals surface area contributed by atoms with E-state index in [1.807, 2.05) is 18.2 Å². The maximum Gasteiger partial charge on any atom is 0.330 e. The Bertz CT molecular complexity index is 537. The minimum Gasteiger partial charge on any atom is -0.466 e. The average molecular weight is 275 g/mol. The Morgan fingerprint density at radius 1 is 1.45 bits per heavy atom. The Morgan fingerprint density at radius 2 is 2.30 bits per heavy atom. The Labute approximate surface area is 117 Å². The van der Waals surface area contributed by atoms with E-state index >= 15 is 0 Å². The van der Waals surface area contributed by atoms with E-state index in [9.17, 15) is 9.59 Å². The van der Waals surface area contributed by atoms with E-state index in [0.717, 1.165) is 17.5 Å². The fourth-order valence-corrected chi connectivity index (χ4v) is 2.10. The fourth-order valence-electron chi connectivity index (χ4n) is 2.10. The smallest absolute Gasteiger partial charge is 0.330 e. The van der Waals surface area contributed by atoms with Crippen LogP contribution in [0.4, 0.5) is 0 Å². The van der Waals surface area contributed by atoms with E-state index in [1.165, 1.54) is 13.2 Å². The number of rotatable bonds is 4. The average Bonchev–Trinajstić information content (AvgIpc) is 2.50. The van der Waals surface area contributed by atoms with E-state index in [1.54, 1.807) is 6.08 Å². The van der Waals surface area contributed by atoms with Crippen molar-refractivity contribution in [3.8, 4) is 0 Å². The molecule has 1 aliphatic heterocycles. The first kappa shape index (κ1) is 14.3. The summed E-state index contributed by atoms with van der Waals surface area (Å²) in [6.07, 6.45) is 3.59. The summed E-state index contributed by atoms with van der Waals surface area (Å²) in [7, 11) is 1.31. The molecule has 5 heteroatoms. The lowest BCUT2D eigenvalue weighted by Gasteiger charge is -2.19. The molecule has 1 amide bonds. The van der Waals surface area contributed by atoms with Gasteiger partial charge in [0.2, 0.25) is 0 Å². The Balaban J connectivity index is 1.99. The molecule has 0 aromatic heterocycles. The van der Waals surface area contributed by atoms with E-state index < -0.39 is 5.97 Å². The molecule has 0 saturated heterocycles. The zero-order valence-corrected chi connectivity index (χ0v) is 11.3. The second kappa shape index (κ2) is 6.86. The van der Waals surface area contributed by atoms with Crippen molar-refractivity contribution >= 4 is 11.9 Å². The summed E-state index contributed by atoms with van der Waals surface area (Å²) < 4.78 is 9.84. The van der Waals surface area contributed by atoms with Gasteiger partial charge < -0.3 is 14.8 Å². The van der Waals surface area contributed by atoms with Crippen molar-refractivity contribution in [3.63, 3.8) is 0 Å².